The van der Waals surface area contributed by atoms with E-state index in [0.29, 0.717) is 0 Å². The fourth-order valence-electron chi connectivity index (χ4n) is 0.514. The fraction of sp³-hybridized carbons (Fsp3) is 0.833. The molecule has 66 valence electrons. The summed E-state index contributed by atoms with van der Waals surface area (Å²) in [7, 11) is 0. The van der Waals surface area contributed by atoms with Crippen molar-refractivity contribution in [3.8, 4) is 0 Å². The summed E-state index contributed by atoms with van der Waals surface area (Å²) in [5.41, 5.74) is 2.23. The Balaban J connectivity index is 4.75. The molecule has 0 aromatic carbocycles. The first kappa shape index (κ1) is 10.3. The molecule has 5 heteroatoms. The van der Waals surface area contributed by atoms with E-state index >= 15 is 0 Å². The van der Waals surface area contributed by atoms with Gasteiger partial charge in [0.1, 0.15) is 5.41 Å². The molecular formula is C6H10F3NO. The minimum Gasteiger partial charge on any atom is -0.369 e. The number of amides is 1. The molecule has 0 heterocycles. The minimum atomic E-state index is -4.55. The lowest BCUT2D eigenvalue weighted by molar-refractivity contribution is -0.215. The van der Waals surface area contributed by atoms with Crippen molar-refractivity contribution < 1.29 is 18.0 Å². The van der Waals surface area contributed by atoms with Crippen LogP contribution in [0.3, 0.4) is 0 Å². The maximum absolute atomic E-state index is 12.1. The normalized spacial score (nSPS) is 17.5. The highest BCUT2D eigenvalue weighted by Gasteiger charge is 2.54. The zero-order valence-electron chi connectivity index (χ0n) is 6.33. The molecule has 0 aromatic rings. The van der Waals surface area contributed by atoms with Gasteiger partial charge in [0.25, 0.3) is 0 Å². The van der Waals surface area contributed by atoms with Gasteiger partial charge in [0.05, 0.1) is 0 Å². The van der Waals surface area contributed by atoms with Gasteiger partial charge in [-0.25, -0.2) is 0 Å². The van der Waals surface area contributed by atoms with Gasteiger partial charge in [-0.2, -0.15) is 13.2 Å². The number of nitrogens with two attached hydrogens (primary N) is 1. The summed E-state index contributed by atoms with van der Waals surface area (Å²) >= 11 is 0. The van der Waals surface area contributed by atoms with Crippen LogP contribution in [0.15, 0.2) is 0 Å². The van der Waals surface area contributed by atoms with Gasteiger partial charge in [-0.3, -0.25) is 4.79 Å². The SMILES string of the molecule is CCC(C)(C(N)=O)C(F)(F)F. The highest BCUT2D eigenvalue weighted by Crippen LogP contribution is 2.40. The number of halogens is 3. The zero-order valence-corrected chi connectivity index (χ0v) is 6.33. The number of alkyl halides is 3. The molecular weight excluding hydrogens is 159 g/mol. The summed E-state index contributed by atoms with van der Waals surface area (Å²) in [6.45, 7) is 2.08. The topological polar surface area (TPSA) is 43.1 Å². The molecule has 2 N–H and O–H groups in total. The number of carbonyl (C=O) groups excluding carboxylic acids is 1. The second-order valence-electron chi connectivity index (χ2n) is 2.55. The van der Waals surface area contributed by atoms with Crippen molar-refractivity contribution in [2.24, 2.45) is 11.1 Å². The summed E-state index contributed by atoms with van der Waals surface area (Å²) in [6.07, 6.45) is -4.88. The summed E-state index contributed by atoms with van der Waals surface area (Å²) in [4.78, 5) is 10.4. The average molecular weight is 169 g/mol. The van der Waals surface area contributed by atoms with E-state index in [2.05, 4.69) is 5.73 Å². The molecule has 0 aliphatic carbocycles. The lowest BCUT2D eigenvalue weighted by Gasteiger charge is -2.26. The molecule has 0 saturated heterocycles. The van der Waals surface area contributed by atoms with Crippen LogP contribution in [0.4, 0.5) is 13.2 Å². The van der Waals surface area contributed by atoms with Gasteiger partial charge in [0.2, 0.25) is 5.91 Å². The van der Waals surface area contributed by atoms with Crippen molar-refractivity contribution in [3.63, 3.8) is 0 Å². The van der Waals surface area contributed by atoms with E-state index < -0.39 is 17.5 Å². The molecule has 1 amide bonds. The largest absolute Gasteiger partial charge is 0.402 e. The molecule has 0 rings (SSSR count). The maximum atomic E-state index is 12.1. The predicted molar refractivity (Wildman–Crippen MR) is 33.6 cm³/mol. The minimum absolute atomic E-state index is 0.328. The number of hydrogen-bond acceptors (Lipinski definition) is 1. The first-order valence-corrected chi connectivity index (χ1v) is 3.12. The van der Waals surface area contributed by atoms with Gasteiger partial charge in [-0.15, -0.1) is 0 Å². The molecule has 0 fully saturated rings. The summed E-state index contributed by atoms with van der Waals surface area (Å²) in [5, 5.41) is 0. The Morgan fingerprint density at radius 2 is 1.82 bits per heavy atom. The Kier molecular flexibility index (Phi) is 2.53. The van der Waals surface area contributed by atoms with Crippen LogP contribution in [-0.4, -0.2) is 12.1 Å². The Labute approximate surface area is 62.6 Å². The number of hydrogen-bond donors (Lipinski definition) is 1. The molecule has 0 saturated carbocycles. The van der Waals surface area contributed by atoms with Crippen LogP contribution in [0.1, 0.15) is 20.3 Å². The van der Waals surface area contributed by atoms with E-state index in [0.717, 1.165) is 6.92 Å². The van der Waals surface area contributed by atoms with Crippen LogP contribution >= 0.6 is 0 Å². The highest BCUT2D eigenvalue weighted by atomic mass is 19.4. The number of primary amides is 1. The smallest absolute Gasteiger partial charge is 0.369 e. The molecule has 0 aliphatic rings. The van der Waals surface area contributed by atoms with E-state index in [-0.39, 0.29) is 6.42 Å². The van der Waals surface area contributed by atoms with E-state index in [4.69, 9.17) is 0 Å². The Morgan fingerprint density at radius 3 is 1.82 bits per heavy atom. The van der Waals surface area contributed by atoms with Gasteiger partial charge >= 0.3 is 6.18 Å². The molecule has 0 bridgehead atoms. The van der Waals surface area contributed by atoms with Crippen LogP contribution in [0.2, 0.25) is 0 Å². The van der Waals surface area contributed by atoms with E-state index in [1.165, 1.54) is 6.92 Å². The van der Waals surface area contributed by atoms with E-state index in [1.54, 1.807) is 0 Å². The van der Waals surface area contributed by atoms with Gasteiger partial charge in [0.15, 0.2) is 0 Å². The molecule has 2 nitrogen and oxygen atoms in total. The molecule has 0 aromatic heterocycles. The number of carbonyl (C=O) groups is 1. The Morgan fingerprint density at radius 1 is 1.45 bits per heavy atom. The molecule has 0 spiro atoms. The quantitative estimate of drug-likeness (QED) is 0.667. The third-order valence-electron chi connectivity index (χ3n) is 1.88. The summed E-state index contributed by atoms with van der Waals surface area (Å²) in [5.74, 6) is -1.33. The molecule has 0 aliphatic heterocycles. The lowest BCUT2D eigenvalue weighted by atomic mass is 9.86. The van der Waals surface area contributed by atoms with Gasteiger partial charge in [0, 0.05) is 0 Å². The van der Waals surface area contributed by atoms with Gasteiger partial charge in [-0.1, -0.05) is 6.92 Å². The van der Waals surface area contributed by atoms with Crippen LogP contribution in [0.5, 0.6) is 0 Å². The van der Waals surface area contributed by atoms with Crippen molar-refractivity contribution in [3.05, 3.63) is 0 Å². The summed E-state index contributed by atoms with van der Waals surface area (Å²) < 4.78 is 36.2. The third-order valence-corrected chi connectivity index (χ3v) is 1.88. The second kappa shape index (κ2) is 2.71. The van der Waals surface area contributed by atoms with E-state index in [1.807, 2.05) is 0 Å². The molecule has 1 atom stereocenters. The van der Waals surface area contributed by atoms with Crippen LogP contribution in [0, 0.1) is 5.41 Å². The van der Waals surface area contributed by atoms with Crippen LogP contribution in [-0.2, 0) is 4.79 Å². The molecule has 0 radical (unpaired) electrons. The fourth-order valence-corrected chi connectivity index (χ4v) is 0.514. The second-order valence-corrected chi connectivity index (χ2v) is 2.55. The Hall–Kier alpha value is -0.740. The molecule has 11 heavy (non-hydrogen) atoms. The number of rotatable bonds is 2. The van der Waals surface area contributed by atoms with Crippen molar-refractivity contribution in [1.82, 2.24) is 0 Å². The van der Waals surface area contributed by atoms with Crippen molar-refractivity contribution >= 4 is 5.91 Å². The van der Waals surface area contributed by atoms with E-state index in [9.17, 15) is 18.0 Å². The first-order chi connectivity index (χ1) is 4.75. The highest BCUT2D eigenvalue weighted by molar-refractivity contribution is 5.81. The summed E-state index contributed by atoms with van der Waals surface area (Å²) in [6, 6.07) is 0. The standard InChI is InChI=1S/C6H10F3NO/c1-3-5(2,4(10)11)6(7,8)9/h3H2,1-2H3,(H2,10,11). The maximum Gasteiger partial charge on any atom is 0.402 e. The van der Waals surface area contributed by atoms with Crippen molar-refractivity contribution in [2.45, 2.75) is 26.4 Å². The predicted octanol–water partition coefficient (Wildman–Crippen LogP) is 1.45. The average Bonchev–Trinajstić information content (AvgIpc) is 1.83. The zero-order chi connectivity index (χ0) is 9.28. The van der Waals surface area contributed by atoms with Crippen LogP contribution in [0.25, 0.3) is 0 Å². The van der Waals surface area contributed by atoms with Gasteiger partial charge < -0.3 is 5.73 Å². The monoisotopic (exact) mass is 169 g/mol. The van der Waals surface area contributed by atoms with Crippen molar-refractivity contribution in [1.29, 1.82) is 0 Å². The molecule has 1 unspecified atom stereocenters. The first-order valence-electron chi connectivity index (χ1n) is 3.12. The lowest BCUT2D eigenvalue weighted by Crippen LogP contribution is -2.45. The van der Waals surface area contributed by atoms with Crippen LogP contribution < -0.4 is 5.73 Å². The third kappa shape index (κ3) is 1.64. The van der Waals surface area contributed by atoms with Gasteiger partial charge in [-0.05, 0) is 13.3 Å². The van der Waals surface area contributed by atoms with Crippen molar-refractivity contribution in [2.75, 3.05) is 0 Å². The Bertz CT molecular complexity index is 166.